The first-order valence-corrected chi connectivity index (χ1v) is 7.69. The molecule has 2 heterocycles. The molecule has 2 N–H and O–H groups in total. The molecule has 2 aromatic heterocycles. The minimum absolute atomic E-state index is 0. The van der Waals surface area contributed by atoms with Crippen molar-refractivity contribution < 1.29 is 9.90 Å². The van der Waals surface area contributed by atoms with E-state index in [2.05, 4.69) is 47.3 Å². The van der Waals surface area contributed by atoms with Crippen molar-refractivity contribution in [3.8, 4) is 11.1 Å². The summed E-state index contributed by atoms with van der Waals surface area (Å²) in [6, 6.07) is 6.28. The van der Waals surface area contributed by atoms with Crippen molar-refractivity contribution in [2.45, 2.75) is 13.8 Å². The van der Waals surface area contributed by atoms with Crippen molar-refractivity contribution >= 4 is 45.7 Å². The number of thiophene rings is 1. The van der Waals surface area contributed by atoms with Crippen LogP contribution < -0.4 is 5.32 Å². The van der Waals surface area contributed by atoms with Crippen LogP contribution in [0.5, 0.6) is 0 Å². The summed E-state index contributed by atoms with van der Waals surface area (Å²) in [7, 11) is 0. The van der Waals surface area contributed by atoms with Crippen LogP contribution in [0.15, 0.2) is 29.9 Å². The molecule has 23 heavy (non-hydrogen) atoms. The maximum absolute atomic E-state index is 10.8. The average Bonchev–Trinajstić information content (AvgIpc) is 2.92. The van der Waals surface area contributed by atoms with Crippen molar-refractivity contribution in [3.05, 3.63) is 41.0 Å². The molecular weight excluding hydrogens is 334 g/mol. The Hall–Kier alpha value is -2.18. The van der Waals surface area contributed by atoms with Gasteiger partial charge in [0.1, 0.15) is 23.5 Å². The van der Waals surface area contributed by atoms with Gasteiger partial charge in [-0.1, -0.05) is 18.2 Å². The number of halogens is 1. The lowest BCUT2D eigenvalue weighted by molar-refractivity contribution is -0.134. The Kier molecular flexibility index (Phi) is 5.18. The predicted molar refractivity (Wildman–Crippen MR) is 95.7 cm³/mol. The number of carbonyl (C=O) groups is 1. The molecule has 1 aromatic carbocycles. The molecule has 7 heteroatoms. The number of aliphatic carboxylic acids is 1. The highest BCUT2D eigenvalue weighted by Gasteiger charge is 2.14. The third kappa shape index (κ3) is 3.43. The van der Waals surface area contributed by atoms with Gasteiger partial charge in [0.25, 0.3) is 0 Å². The molecule has 120 valence electrons. The SMILES string of the molecule is Cc1ccc(-c2csc3ncnc(NCC(=O)O)c23)cc1C.Cl. The zero-order valence-corrected chi connectivity index (χ0v) is 14.3. The third-order valence-corrected chi connectivity index (χ3v) is 4.48. The highest BCUT2D eigenvalue weighted by Crippen LogP contribution is 2.36. The number of hydrogen-bond acceptors (Lipinski definition) is 5. The lowest BCUT2D eigenvalue weighted by Crippen LogP contribution is -2.13. The lowest BCUT2D eigenvalue weighted by atomic mass is 10.0. The topological polar surface area (TPSA) is 75.1 Å². The second-order valence-corrected chi connectivity index (χ2v) is 5.96. The predicted octanol–water partition coefficient (Wildman–Crippen LogP) is 3.89. The number of benzene rings is 1. The highest BCUT2D eigenvalue weighted by molar-refractivity contribution is 7.17. The van der Waals surface area contributed by atoms with E-state index in [1.807, 2.05) is 5.38 Å². The van der Waals surface area contributed by atoms with E-state index in [0.717, 1.165) is 21.3 Å². The van der Waals surface area contributed by atoms with Crippen LogP contribution in [0.25, 0.3) is 21.3 Å². The molecule has 0 aliphatic heterocycles. The Morgan fingerprint density at radius 1 is 1.26 bits per heavy atom. The maximum Gasteiger partial charge on any atom is 0.322 e. The van der Waals surface area contributed by atoms with E-state index in [-0.39, 0.29) is 19.0 Å². The Balaban J connectivity index is 0.00000192. The van der Waals surface area contributed by atoms with Gasteiger partial charge in [-0.25, -0.2) is 9.97 Å². The molecule has 0 aliphatic rings. The number of aryl methyl sites for hydroxylation is 2. The quantitative estimate of drug-likeness (QED) is 0.747. The Bertz CT molecular complexity index is 864. The zero-order valence-electron chi connectivity index (χ0n) is 12.7. The van der Waals surface area contributed by atoms with Crippen molar-refractivity contribution in [1.29, 1.82) is 0 Å². The van der Waals surface area contributed by atoms with Crippen LogP contribution in [-0.4, -0.2) is 27.6 Å². The molecule has 3 aromatic rings. The van der Waals surface area contributed by atoms with Crippen LogP contribution in [0.1, 0.15) is 11.1 Å². The molecule has 0 unspecified atom stereocenters. The Morgan fingerprint density at radius 3 is 2.74 bits per heavy atom. The number of hydrogen-bond donors (Lipinski definition) is 2. The van der Waals surface area contributed by atoms with E-state index in [9.17, 15) is 4.79 Å². The van der Waals surface area contributed by atoms with Crippen LogP contribution in [0, 0.1) is 13.8 Å². The molecule has 5 nitrogen and oxygen atoms in total. The Labute approximate surface area is 143 Å². The molecule has 0 saturated carbocycles. The van der Waals surface area contributed by atoms with Crippen molar-refractivity contribution in [2.24, 2.45) is 0 Å². The minimum atomic E-state index is -0.922. The molecule has 0 saturated heterocycles. The molecule has 0 atom stereocenters. The molecule has 0 bridgehead atoms. The van der Waals surface area contributed by atoms with Crippen LogP contribution in [0.4, 0.5) is 5.82 Å². The molecule has 0 radical (unpaired) electrons. The summed E-state index contributed by atoms with van der Waals surface area (Å²) in [6.07, 6.45) is 1.45. The highest BCUT2D eigenvalue weighted by atomic mass is 35.5. The van der Waals surface area contributed by atoms with Gasteiger partial charge in [-0.05, 0) is 30.5 Å². The van der Waals surface area contributed by atoms with E-state index in [1.165, 1.54) is 28.8 Å². The number of anilines is 1. The largest absolute Gasteiger partial charge is 0.480 e. The lowest BCUT2D eigenvalue weighted by Gasteiger charge is -2.08. The first-order valence-electron chi connectivity index (χ1n) is 6.81. The number of carboxylic acids is 1. The van der Waals surface area contributed by atoms with Gasteiger partial charge >= 0.3 is 5.97 Å². The standard InChI is InChI=1S/C16H15N3O2S.ClH/c1-9-3-4-11(5-10(9)2)12-7-22-16-14(12)15(18-8-19-16)17-6-13(20)21;/h3-5,7-8H,6H2,1-2H3,(H,20,21)(H,17,18,19);1H. The summed E-state index contributed by atoms with van der Waals surface area (Å²) in [6.45, 7) is 3.98. The fraction of sp³-hybridized carbons (Fsp3) is 0.188. The molecule has 0 spiro atoms. The van der Waals surface area contributed by atoms with Crippen molar-refractivity contribution in [2.75, 3.05) is 11.9 Å². The van der Waals surface area contributed by atoms with Crippen LogP contribution in [-0.2, 0) is 4.79 Å². The summed E-state index contributed by atoms with van der Waals surface area (Å²) >= 11 is 1.53. The average molecular weight is 350 g/mol. The van der Waals surface area contributed by atoms with Gasteiger partial charge in [-0.2, -0.15) is 0 Å². The number of nitrogens with one attached hydrogen (secondary N) is 1. The summed E-state index contributed by atoms with van der Waals surface area (Å²) in [5.41, 5.74) is 4.57. The van der Waals surface area contributed by atoms with Gasteiger partial charge < -0.3 is 10.4 Å². The summed E-state index contributed by atoms with van der Waals surface area (Å²) < 4.78 is 0. The molecule has 3 rings (SSSR count). The van der Waals surface area contributed by atoms with E-state index in [4.69, 9.17) is 5.11 Å². The number of rotatable bonds is 4. The van der Waals surface area contributed by atoms with Crippen molar-refractivity contribution in [1.82, 2.24) is 9.97 Å². The molecule has 0 amide bonds. The van der Waals surface area contributed by atoms with E-state index in [0.29, 0.717) is 5.82 Å². The van der Waals surface area contributed by atoms with Crippen molar-refractivity contribution in [3.63, 3.8) is 0 Å². The molecule has 0 fully saturated rings. The Morgan fingerprint density at radius 2 is 2.04 bits per heavy atom. The van der Waals surface area contributed by atoms with E-state index in [1.54, 1.807) is 0 Å². The fourth-order valence-electron chi connectivity index (χ4n) is 2.29. The van der Waals surface area contributed by atoms with E-state index >= 15 is 0 Å². The monoisotopic (exact) mass is 349 g/mol. The van der Waals surface area contributed by atoms with Crippen LogP contribution in [0.3, 0.4) is 0 Å². The zero-order chi connectivity index (χ0) is 15.7. The molecule has 0 aliphatic carbocycles. The van der Waals surface area contributed by atoms with E-state index < -0.39 is 5.97 Å². The van der Waals surface area contributed by atoms with Gasteiger partial charge in [0.05, 0.1) is 5.39 Å². The number of carboxylic acid groups (broad SMARTS) is 1. The van der Waals surface area contributed by atoms with Gasteiger partial charge in [-0.15, -0.1) is 23.7 Å². The number of aromatic nitrogens is 2. The normalized spacial score (nSPS) is 10.3. The first-order chi connectivity index (χ1) is 10.6. The third-order valence-electron chi connectivity index (χ3n) is 3.60. The van der Waals surface area contributed by atoms with Crippen LogP contribution in [0.2, 0.25) is 0 Å². The summed E-state index contributed by atoms with van der Waals surface area (Å²) in [5, 5.41) is 14.6. The first kappa shape index (κ1) is 17.2. The van der Waals surface area contributed by atoms with Gasteiger partial charge in [0, 0.05) is 10.9 Å². The number of nitrogens with zero attached hydrogens (tertiary/aromatic N) is 2. The second-order valence-electron chi connectivity index (χ2n) is 5.10. The minimum Gasteiger partial charge on any atom is -0.480 e. The van der Waals surface area contributed by atoms with Gasteiger partial charge in [0.15, 0.2) is 0 Å². The second kappa shape index (κ2) is 6.93. The smallest absolute Gasteiger partial charge is 0.322 e. The summed E-state index contributed by atoms with van der Waals surface area (Å²) in [4.78, 5) is 20.1. The fourth-order valence-corrected chi connectivity index (χ4v) is 3.21. The van der Waals surface area contributed by atoms with Gasteiger partial charge in [-0.3, -0.25) is 4.79 Å². The molecular formula is C16H16ClN3O2S. The summed E-state index contributed by atoms with van der Waals surface area (Å²) in [5.74, 6) is -0.364. The maximum atomic E-state index is 10.8. The van der Waals surface area contributed by atoms with Crippen LogP contribution >= 0.6 is 23.7 Å². The number of fused-ring (bicyclic) bond motifs is 1. The van der Waals surface area contributed by atoms with Gasteiger partial charge in [0.2, 0.25) is 0 Å².